The zero-order valence-electron chi connectivity index (χ0n) is 21.1. The van der Waals surface area contributed by atoms with E-state index in [1.165, 1.54) is 28.9 Å². The van der Waals surface area contributed by atoms with Crippen LogP contribution >= 0.6 is 11.8 Å². The molecule has 7 nitrogen and oxygen atoms in total. The van der Waals surface area contributed by atoms with Gasteiger partial charge in [0.2, 0.25) is 5.95 Å². The number of amidine groups is 1. The van der Waals surface area contributed by atoms with E-state index in [0.717, 1.165) is 6.04 Å². The van der Waals surface area contributed by atoms with Gasteiger partial charge in [-0.2, -0.15) is 4.39 Å². The molecule has 2 aliphatic rings. The molecule has 0 radical (unpaired) electrons. The fourth-order valence-corrected chi connectivity index (χ4v) is 6.26. The van der Waals surface area contributed by atoms with Crippen LogP contribution in [0, 0.1) is 11.9 Å². The van der Waals surface area contributed by atoms with Crippen LogP contribution in [-0.2, 0) is 15.0 Å². The number of aromatic nitrogens is 1. The Bertz CT molecular complexity index is 969. The summed E-state index contributed by atoms with van der Waals surface area (Å²) in [7, 11) is -1.34. The number of hydrogen-bond donors (Lipinski definition) is 1. The summed E-state index contributed by atoms with van der Waals surface area (Å²) in [6.07, 6.45) is 1.08. The number of nitrogens with two attached hydrogens (primary N) is 1. The largest absolute Gasteiger partial charge is 0.443 e. The van der Waals surface area contributed by atoms with Gasteiger partial charge in [0.15, 0.2) is 5.17 Å². The second kappa shape index (κ2) is 9.38. The highest BCUT2D eigenvalue weighted by Crippen LogP contribution is 2.66. The average Bonchev–Trinajstić information content (AvgIpc) is 3.44. The molecule has 0 saturated heterocycles. The van der Waals surface area contributed by atoms with E-state index < -0.39 is 42.7 Å². The number of rotatable bonds is 7. The van der Waals surface area contributed by atoms with Gasteiger partial charge in [-0.3, -0.25) is 4.99 Å². The predicted molar refractivity (Wildman–Crippen MR) is 135 cm³/mol. The molecular weight excluding hydrogens is 478 g/mol. The van der Waals surface area contributed by atoms with Crippen molar-refractivity contribution in [2.24, 2.45) is 10.9 Å². The third-order valence-corrected chi connectivity index (χ3v) is 9.18. The van der Waals surface area contributed by atoms with Gasteiger partial charge in [0.1, 0.15) is 19.0 Å². The van der Waals surface area contributed by atoms with E-state index in [1.54, 1.807) is 27.7 Å². The number of nitrogens with zero attached hydrogens (tertiary/aromatic N) is 3. The Morgan fingerprint density at radius 3 is 2.65 bits per heavy atom. The highest BCUT2D eigenvalue weighted by Gasteiger charge is 2.67. The minimum atomic E-state index is -1.34. The van der Waals surface area contributed by atoms with E-state index in [2.05, 4.69) is 24.6 Å². The van der Waals surface area contributed by atoms with E-state index in [4.69, 9.17) is 20.2 Å². The van der Waals surface area contributed by atoms with Gasteiger partial charge in [-0.05, 0) is 46.2 Å². The van der Waals surface area contributed by atoms with Crippen LogP contribution in [0.25, 0.3) is 0 Å². The van der Waals surface area contributed by atoms with Crippen molar-refractivity contribution in [1.29, 1.82) is 0 Å². The van der Waals surface area contributed by atoms with E-state index in [9.17, 15) is 13.6 Å². The number of pyridine rings is 1. The molecule has 1 fully saturated rings. The summed E-state index contributed by atoms with van der Waals surface area (Å²) in [6, 6.07) is 2.41. The van der Waals surface area contributed by atoms with Crippen LogP contribution in [0.4, 0.5) is 19.3 Å². The van der Waals surface area contributed by atoms with Crippen molar-refractivity contribution >= 4 is 36.8 Å². The fraction of sp³-hybridized carbons (Fsp3) is 0.696. The SMILES string of the molecule is CC(C)(C)OC(=O)N(COCC[Si](C)(C)C)C1=N[C@](C)(c2cc(N)cnc2F)[C@@H]2C[C@]2(CF)S1. The number of nitrogen functional groups attached to an aromatic ring is 1. The number of anilines is 1. The average molecular weight is 515 g/mol. The molecule has 3 atom stereocenters. The lowest BCUT2D eigenvalue weighted by atomic mass is 9.87. The highest BCUT2D eigenvalue weighted by molar-refractivity contribution is 8.15. The number of carbonyl (C=O) groups is 1. The third-order valence-electron chi connectivity index (χ3n) is 6.02. The lowest BCUT2D eigenvalue weighted by Gasteiger charge is -2.37. The topological polar surface area (TPSA) is 90.0 Å². The summed E-state index contributed by atoms with van der Waals surface area (Å²) in [4.78, 5) is 23.0. The number of aliphatic imine (C=N–C) groups is 1. The second-order valence-electron chi connectivity index (χ2n) is 11.5. The van der Waals surface area contributed by atoms with Crippen LogP contribution < -0.4 is 5.73 Å². The molecule has 1 aliphatic carbocycles. The first kappa shape index (κ1) is 26.9. The van der Waals surface area contributed by atoms with Crippen molar-refractivity contribution < 1.29 is 23.0 Å². The third kappa shape index (κ3) is 5.91. The van der Waals surface area contributed by atoms with Gasteiger partial charge in [-0.15, -0.1) is 0 Å². The number of alkyl halides is 1. The second-order valence-corrected chi connectivity index (χ2v) is 18.5. The van der Waals surface area contributed by atoms with E-state index in [0.29, 0.717) is 13.0 Å². The number of fused-ring (bicyclic) bond motifs is 1. The van der Waals surface area contributed by atoms with Gasteiger partial charge in [0, 0.05) is 26.2 Å². The molecule has 34 heavy (non-hydrogen) atoms. The molecule has 2 N–H and O–H groups in total. The number of thioether (sulfide) groups is 1. The van der Waals surface area contributed by atoms with Gasteiger partial charge >= 0.3 is 6.09 Å². The number of halogens is 2. The van der Waals surface area contributed by atoms with Crippen LogP contribution in [0.1, 0.15) is 39.7 Å². The fourth-order valence-electron chi connectivity index (χ4n) is 3.99. The van der Waals surface area contributed by atoms with Crippen molar-refractivity contribution in [2.75, 3.05) is 25.7 Å². The lowest BCUT2D eigenvalue weighted by molar-refractivity contribution is 0.0110. The number of carbonyl (C=O) groups excluding carboxylic acids is 1. The molecule has 190 valence electrons. The van der Waals surface area contributed by atoms with Crippen LogP contribution in [0.15, 0.2) is 17.3 Å². The molecule has 1 aliphatic heterocycles. The number of hydrogen-bond acceptors (Lipinski definition) is 7. The molecule has 3 rings (SSSR count). The Morgan fingerprint density at radius 2 is 2.06 bits per heavy atom. The molecule has 1 saturated carbocycles. The maximum atomic E-state index is 14.8. The first-order valence-corrected chi connectivity index (χ1v) is 16.0. The smallest absolute Gasteiger partial charge is 0.418 e. The Hall–Kier alpha value is -1.72. The number of amides is 1. The Morgan fingerprint density at radius 1 is 1.38 bits per heavy atom. The lowest BCUT2D eigenvalue weighted by Crippen LogP contribution is -2.46. The quantitative estimate of drug-likeness (QED) is 0.227. The monoisotopic (exact) mass is 514 g/mol. The van der Waals surface area contributed by atoms with Crippen molar-refractivity contribution in [3.8, 4) is 0 Å². The van der Waals surface area contributed by atoms with E-state index in [-0.39, 0.29) is 29.1 Å². The zero-order valence-corrected chi connectivity index (χ0v) is 22.9. The van der Waals surface area contributed by atoms with Crippen molar-refractivity contribution in [3.63, 3.8) is 0 Å². The Balaban J connectivity index is 1.98. The first-order chi connectivity index (χ1) is 15.6. The van der Waals surface area contributed by atoms with Crippen LogP contribution in [-0.4, -0.2) is 59.6 Å². The molecule has 0 aromatic carbocycles. The zero-order chi connectivity index (χ0) is 25.5. The molecule has 2 heterocycles. The molecular formula is C23H36F2N4O3SSi. The van der Waals surface area contributed by atoms with Gasteiger partial charge in [-0.25, -0.2) is 19.1 Å². The van der Waals surface area contributed by atoms with Gasteiger partial charge in [0.25, 0.3) is 0 Å². The van der Waals surface area contributed by atoms with Crippen LogP contribution in [0.3, 0.4) is 0 Å². The minimum absolute atomic E-state index is 0.0913. The highest BCUT2D eigenvalue weighted by atomic mass is 32.2. The Kier molecular flexibility index (Phi) is 7.42. The van der Waals surface area contributed by atoms with Crippen molar-refractivity contribution in [1.82, 2.24) is 9.88 Å². The molecule has 1 aromatic heterocycles. The van der Waals surface area contributed by atoms with Crippen LogP contribution in [0.2, 0.25) is 25.7 Å². The van der Waals surface area contributed by atoms with Gasteiger partial charge in [0.05, 0.1) is 22.2 Å². The molecule has 11 heteroatoms. The predicted octanol–water partition coefficient (Wildman–Crippen LogP) is 5.40. The molecule has 0 unspecified atom stereocenters. The Labute approximate surface area is 205 Å². The van der Waals surface area contributed by atoms with E-state index in [1.807, 2.05) is 0 Å². The summed E-state index contributed by atoms with van der Waals surface area (Å²) in [5.74, 6) is -0.966. The van der Waals surface area contributed by atoms with E-state index >= 15 is 0 Å². The molecule has 0 bridgehead atoms. The standard InChI is InChI=1S/C23H36F2N4O3SSi/c1-21(2,3)32-20(30)29(14-31-8-9-34(5,6)7)19-28-22(4,17-11-23(17,13-24)33-19)16-10-15(26)12-27-18(16)25/h10,12,17H,8-9,11,13-14,26H2,1-7H3/t17-,22+,23+/m0/s1. The van der Waals surface area contributed by atoms with Crippen LogP contribution in [0.5, 0.6) is 0 Å². The summed E-state index contributed by atoms with van der Waals surface area (Å²) in [5, 5.41) is 0.248. The van der Waals surface area contributed by atoms with Crippen molar-refractivity contribution in [3.05, 3.63) is 23.8 Å². The summed E-state index contributed by atoms with van der Waals surface area (Å²) in [6.45, 7) is 13.5. The summed E-state index contributed by atoms with van der Waals surface area (Å²) >= 11 is 1.20. The summed E-state index contributed by atoms with van der Waals surface area (Å²) in [5.41, 5.74) is 4.48. The number of ether oxygens (including phenoxy) is 2. The van der Waals surface area contributed by atoms with Gasteiger partial charge in [-0.1, -0.05) is 31.4 Å². The maximum absolute atomic E-state index is 14.8. The first-order valence-electron chi connectivity index (χ1n) is 11.4. The minimum Gasteiger partial charge on any atom is -0.443 e. The molecule has 0 spiro atoms. The van der Waals surface area contributed by atoms with Crippen molar-refractivity contribution in [2.45, 2.75) is 75.7 Å². The van der Waals surface area contributed by atoms with Gasteiger partial charge < -0.3 is 15.2 Å². The molecule has 1 aromatic rings. The maximum Gasteiger partial charge on any atom is 0.418 e. The normalized spacial score (nSPS) is 26.5. The molecule has 1 amide bonds. The summed E-state index contributed by atoms with van der Waals surface area (Å²) < 4.78 is 39.8.